The van der Waals surface area contributed by atoms with E-state index in [4.69, 9.17) is 0 Å². The van der Waals surface area contributed by atoms with Crippen molar-refractivity contribution in [3.8, 4) is 0 Å². The van der Waals surface area contributed by atoms with Gasteiger partial charge in [0.05, 0.1) is 5.75 Å². The second-order valence-electron chi connectivity index (χ2n) is 7.80. The standard InChI is InChI=1S/C27H24N6O3S3/c1-2-37-27-32-26(39-33-27)31-23(34)17-38-21-12-6-11-20(15-21)29-25(36)22(14-18-8-7-13-28-16-18)30-24(35)19-9-4-3-5-10-19/h3-16H,2,17H2,1H3,(H,29,36)(H,30,35)(H,31,32,33,34)/b22-14-. The monoisotopic (exact) mass is 576 g/mol. The van der Waals surface area contributed by atoms with Crippen molar-refractivity contribution in [3.63, 3.8) is 0 Å². The number of benzene rings is 2. The molecule has 0 bridgehead atoms. The molecule has 0 unspecified atom stereocenters. The molecule has 2 aromatic carbocycles. The minimum Gasteiger partial charge on any atom is -0.321 e. The SMILES string of the molecule is CCSc1nsc(NC(=O)CSc2cccc(NC(=O)/C(=C/c3cccnc3)NC(=O)c3ccccc3)c2)n1. The Hall–Kier alpha value is -4.00. The van der Waals surface area contributed by atoms with Crippen LogP contribution in [0.3, 0.4) is 0 Å². The molecule has 0 saturated carbocycles. The summed E-state index contributed by atoms with van der Waals surface area (Å²) in [6, 6.07) is 19.3. The first-order chi connectivity index (χ1) is 19.0. The largest absolute Gasteiger partial charge is 0.321 e. The van der Waals surface area contributed by atoms with Crippen molar-refractivity contribution < 1.29 is 14.4 Å². The van der Waals surface area contributed by atoms with Gasteiger partial charge in [-0.2, -0.15) is 9.36 Å². The predicted molar refractivity (Wildman–Crippen MR) is 157 cm³/mol. The van der Waals surface area contributed by atoms with Gasteiger partial charge in [0, 0.05) is 40.1 Å². The summed E-state index contributed by atoms with van der Waals surface area (Å²) in [5.41, 5.74) is 1.66. The number of hydrogen-bond acceptors (Lipinski definition) is 9. The maximum absolute atomic E-state index is 13.2. The fourth-order valence-corrected chi connectivity index (χ4v) is 5.23. The van der Waals surface area contributed by atoms with Crippen LogP contribution < -0.4 is 16.0 Å². The number of aromatic nitrogens is 3. The van der Waals surface area contributed by atoms with E-state index in [1.807, 2.05) is 19.1 Å². The number of carbonyl (C=O) groups is 3. The van der Waals surface area contributed by atoms with E-state index in [0.29, 0.717) is 27.1 Å². The number of nitrogens with one attached hydrogen (secondary N) is 3. The van der Waals surface area contributed by atoms with Gasteiger partial charge in [-0.1, -0.05) is 49.0 Å². The number of pyridine rings is 1. The van der Waals surface area contributed by atoms with Crippen molar-refractivity contribution in [2.75, 3.05) is 22.1 Å². The summed E-state index contributed by atoms with van der Waals surface area (Å²) in [6.07, 6.45) is 4.78. The summed E-state index contributed by atoms with van der Waals surface area (Å²) in [4.78, 5) is 47.5. The number of thioether (sulfide) groups is 2. The van der Waals surface area contributed by atoms with Gasteiger partial charge in [0.25, 0.3) is 11.8 Å². The van der Waals surface area contributed by atoms with Gasteiger partial charge in [-0.15, -0.1) is 11.8 Å². The predicted octanol–water partition coefficient (Wildman–Crippen LogP) is 5.19. The van der Waals surface area contributed by atoms with Gasteiger partial charge in [-0.3, -0.25) is 24.7 Å². The van der Waals surface area contributed by atoms with Gasteiger partial charge in [-0.25, -0.2) is 0 Å². The third-order valence-corrected chi connectivity index (χ3v) is 7.38. The third kappa shape index (κ3) is 8.77. The van der Waals surface area contributed by atoms with Gasteiger partial charge in [0.1, 0.15) is 5.70 Å². The Morgan fingerprint density at radius 3 is 2.59 bits per heavy atom. The molecule has 9 nitrogen and oxygen atoms in total. The first-order valence-corrected chi connectivity index (χ1v) is 14.5. The molecular formula is C27H24N6O3S3. The van der Waals surface area contributed by atoms with E-state index in [1.54, 1.807) is 73.1 Å². The third-order valence-electron chi connectivity index (χ3n) is 4.91. The van der Waals surface area contributed by atoms with Gasteiger partial charge in [-0.05, 0) is 53.8 Å². The summed E-state index contributed by atoms with van der Waals surface area (Å²) < 4.78 is 4.19. The van der Waals surface area contributed by atoms with E-state index in [1.165, 1.54) is 23.5 Å². The van der Waals surface area contributed by atoms with Crippen LogP contribution in [0.25, 0.3) is 6.08 Å². The lowest BCUT2D eigenvalue weighted by molar-refractivity contribution is -0.114. The van der Waals surface area contributed by atoms with Crippen molar-refractivity contribution >= 4 is 69.7 Å². The molecule has 4 aromatic rings. The molecule has 39 heavy (non-hydrogen) atoms. The number of carbonyl (C=O) groups excluding carboxylic acids is 3. The van der Waals surface area contributed by atoms with Crippen molar-refractivity contribution in [1.82, 2.24) is 19.7 Å². The van der Waals surface area contributed by atoms with E-state index in [-0.39, 0.29) is 17.4 Å². The van der Waals surface area contributed by atoms with Crippen LogP contribution in [0.15, 0.2) is 94.9 Å². The van der Waals surface area contributed by atoms with Crippen LogP contribution >= 0.6 is 35.1 Å². The Kier molecular flexibility index (Phi) is 10.2. The van der Waals surface area contributed by atoms with Crippen LogP contribution in [0.2, 0.25) is 0 Å². The van der Waals surface area contributed by atoms with E-state index >= 15 is 0 Å². The number of anilines is 2. The average molecular weight is 577 g/mol. The lowest BCUT2D eigenvalue weighted by atomic mass is 10.2. The molecular weight excluding hydrogens is 553 g/mol. The Balaban J connectivity index is 1.40. The van der Waals surface area contributed by atoms with Gasteiger partial charge in [0.2, 0.25) is 16.2 Å². The molecule has 0 radical (unpaired) electrons. The maximum Gasteiger partial charge on any atom is 0.272 e. The molecule has 2 heterocycles. The van der Waals surface area contributed by atoms with Crippen LogP contribution in [0.5, 0.6) is 0 Å². The Morgan fingerprint density at radius 2 is 1.82 bits per heavy atom. The van der Waals surface area contributed by atoms with Crippen LogP contribution in [0, 0.1) is 0 Å². The molecule has 3 N–H and O–H groups in total. The Morgan fingerprint density at radius 1 is 0.974 bits per heavy atom. The number of amides is 3. The summed E-state index contributed by atoms with van der Waals surface area (Å²) in [5, 5.41) is 9.39. The zero-order valence-electron chi connectivity index (χ0n) is 20.8. The zero-order valence-corrected chi connectivity index (χ0v) is 23.2. The van der Waals surface area contributed by atoms with Crippen molar-refractivity contribution in [2.24, 2.45) is 0 Å². The Labute approximate surface area is 238 Å². The molecule has 0 atom stereocenters. The van der Waals surface area contributed by atoms with Crippen molar-refractivity contribution in [1.29, 1.82) is 0 Å². The molecule has 0 aliphatic rings. The first kappa shape index (κ1) is 28.0. The topological polar surface area (TPSA) is 126 Å². The lowest BCUT2D eigenvalue weighted by Crippen LogP contribution is -2.30. The minimum absolute atomic E-state index is 0.0620. The summed E-state index contributed by atoms with van der Waals surface area (Å²) in [5.74, 6) is -0.101. The van der Waals surface area contributed by atoms with Crippen LogP contribution in [-0.4, -0.2) is 43.6 Å². The smallest absolute Gasteiger partial charge is 0.272 e. The lowest BCUT2D eigenvalue weighted by Gasteiger charge is -2.12. The molecule has 12 heteroatoms. The van der Waals surface area contributed by atoms with Crippen LogP contribution in [0.4, 0.5) is 10.8 Å². The molecule has 2 aromatic heterocycles. The fraction of sp³-hybridized carbons (Fsp3) is 0.111. The highest BCUT2D eigenvalue weighted by molar-refractivity contribution is 8.00. The first-order valence-electron chi connectivity index (χ1n) is 11.8. The maximum atomic E-state index is 13.2. The molecule has 198 valence electrons. The van der Waals surface area contributed by atoms with Crippen molar-refractivity contribution in [3.05, 3.63) is 95.9 Å². The number of nitrogens with zero attached hydrogens (tertiary/aromatic N) is 3. The fourth-order valence-electron chi connectivity index (χ4n) is 3.19. The highest BCUT2D eigenvalue weighted by atomic mass is 32.2. The van der Waals surface area contributed by atoms with E-state index in [2.05, 4.69) is 30.3 Å². The van der Waals surface area contributed by atoms with Crippen LogP contribution in [0.1, 0.15) is 22.8 Å². The minimum atomic E-state index is -0.500. The van der Waals surface area contributed by atoms with Crippen LogP contribution in [-0.2, 0) is 9.59 Å². The molecule has 4 rings (SSSR count). The molecule has 0 saturated heterocycles. The quantitative estimate of drug-likeness (QED) is 0.165. The van der Waals surface area contributed by atoms with E-state index in [0.717, 1.165) is 22.2 Å². The highest BCUT2D eigenvalue weighted by Gasteiger charge is 2.16. The molecule has 0 fully saturated rings. The summed E-state index contributed by atoms with van der Waals surface area (Å²) >= 11 is 3.98. The number of hydrogen-bond donors (Lipinski definition) is 3. The molecule has 0 aliphatic heterocycles. The normalized spacial score (nSPS) is 11.1. The van der Waals surface area contributed by atoms with E-state index in [9.17, 15) is 14.4 Å². The number of rotatable bonds is 11. The highest BCUT2D eigenvalue weighted by Crippen LogP contribution is 2.24. The summed E-state index contributed by atoms with van der Waals surface area (Å²) in [7, 11) is 0. The van der Waals surface area contributed by atoms with Gasteiger partial charge >= 0.3 is 0 Å². The zero-order chi connectivity index (χ0) is 27.5. The Bertz CT molecular complexity index is 1460. The van der Waals surface area contributed by atoms with Gasteiger partial charge in [0.15, 0.2) is 0 Å². The molecule has 0 aliphatic carbocycles. The molecule has 0 spiro atoms. The second-order valence-corrected chi connectivity index (χ2v) is 10.8. The second kappa shape index (κ2) is 14.2. The van der Waals surface area contributed by atoms with E-state index < -0.39 is 11.8 Å². The average Bonchev–Trinajstić information content (AvgIpc) is 3.39. The van der Waals surface area contributed by atoms with Gasteiger partial charge < -0.3 is 10.6 Å². The summed E-state index contributed by atoms with van der Waals surface area (Å²) in [6.45, 7) is 2.01. The van der Waals surface area contributed by atoms with Crippen molar-refractivity contribution in [2.45, 2.75) is 17.0 Å². The molecule has 3 amide bonds.